The van der Waals surface area contributed by atoms with Gasteiger partial charge in [0.1, 0.15) is 5.75 Å². The van der Waals surface area contributed by atoms with E-state index in [2.05, 4.69) is 0 Å². The van der Waals surface area contributed by atoms with Crippen LogP contribution in [0.2, 0.25) is 0 Å². The fraction of sp³-hybridized carbons (Fsp3) is 0.0769. The third-order valence-corrected chi connectivity index (χ3v) is 5.53. The Morgan fingerprint density at radius 3 is 2.35 bits per heavy atom. The molecule has 1 aromatic heterocycles. The quantitative estimate of drug-likeness (QED) is 0.349. The van der Waals surface area contributed by atoms with Crippen molar-refractivity contribution < 1.29 is 17.9 Å². The highest BCUT2D eigenvalue weighted by atomic mass is 19.4. The van der Waals surface area contributed by atoms with E-state index in [9.17, 15) is 13.2 Å². The van der Waals surface area contributed by atoms with Crippen molar-refractivity contribution in [1.82, 2.24) is 4.57 Å². The number of halogens is 3. The summed E-state index contributed by atoms with van der Waals surface area (Å²) in [5.74, 6) is 0.696. The fourth-order valence-electron chi connectivity index (χ4n) is 4.14. The zero-order valence-electron chi connectivity index (χ0n) is 16.6. The van der Waals surface area contributed by atoms with Crippen molar-refractivity contribution in [1.29, 1.82) is 0 Å². The summed E-state index contributed by atoms with van der Waals surface area (Å²) in [6.07, 6.45) is -1.43. The molecule has 0 fully saturated rings. The molecule has 0 saturated carbocycles. The standard InChI is InChI=1S/C26H18F3NO/c1-31-20-11-12-23-19(15-20)13-14-30(23)25(17-7-3-2-4-8-17)24-21-10-6-5-9-18(21)16-22(24)26(27,28)29/h2-16H,1H3. The Morgan fingerprint density at radius 1 is 0.871 bits per heavy atom. The molecule has 1 aliphatic carbocycles. The van der Waals surface area contributed by atoms with Crippen LogP contribution in [0.25, 0.3) is 28.2 Å². The molecule has 0 amide bonds. The van der Waals surface area contributed by atoms with Crippen LogP contribution in [-0.4, -0.2) is 17.9 Å². The summed E-state index contributed by atoms with van der Waals surface area (Å²) in [6, 6.07) is 23.6. The number of benzene rings is 3. The maximum Gasteiger partial charge on any atom is 0.417 e. The average Bonchev–Trinajstić information content (AvgIpc) is 3.37. The first-order valence-electron chi connectivity index (χ1n) is 9.81. The number of alkyl halides is 3. The van der Waals surface area contributed by atoms with E-state index in [1.54, 1.807) is 31.4 Å². The van der Waals surface area contributed by atoms with Gasteiger partial charge in [0.2, 0.25) is 0 Å². The van der Waals surface area contributed by atoms with Crippen LogP contribution < -0.4 is 4.74 Å². The van der Waals surface area contributed by atoms with Gasteiger partial charge in [-0.3, -0.25) is 0 Å². The Balaban J connectivity index is 1.89. The second-order valence-corrected chi connectivity index (χ2v) is 7.34. The van der Waals surface area contributed by atoms with Crippen LogP contribution in [0.4, 0.5) is 13.2 Å². The Morgan fingerprint density at radius 2 is 1.61 bits per heavy atom. The number of aromatic nitrogens is 1. The summed E-state index contributed by atoms with van der Waals surface area (Å²) >= 11 is 0. The predicted molar refractivity (Wildman–Crippen MR) is 118 cm³/mol. The number of hydrogen-bond acceptors (Lipinski definition) is 1. The van der Waals surface area contributed by atoms with Crippen molar-refractivity contribution in [2.75, 3.05) is 7.11 Å². The molecule has 0 saturated heterocycles. The summed E-state index contributed by atoms with van der Waals surface area (Å²) in [6.45, 7) is 0. The summed E-state index contributed by atoms with van der Waals surface area (Å²) in [7, 11) is 1.59. The first kappa shape index (κ1) is 19.2. The fourth-order valence-corrected chi connectivity index (χ4v) is 4.14. The molecule has 4 aromatic rings. The number of rotatable bonds is 3. The lowest BCUT2D eigenvalue weighted by Crippen LogP contribution is -2.13. The SMILES string of the molecule is COc1ccc2c(ccn2C(=C2C(C(F)(F)F)=Cc3ccccc32)c2ccccc2)c1. The molecule has 31 heavy (non-hydrogen) atoms. The molecule has 0 radical (unpaired) electrons. The van der Waals surface area contributed by atoms with Gasteiger partial charge in [0.15, 0.2) is 0 Å². The monoisotopic (exact) mass is 417 g/mol. The first-order valence-corrected chi connectivity index (χ1v) is 9.81. The highest BCUT2D eigenvalue weighted by molar-refractivity contribution is 6.08. The highest BCUT2D eigenvalue weighted by Crippen LogP contribution is 2.48. The van der Waals surface area contributed by atoms with Gasteiger partial charge in [0.05, 0.1) is 23.9 Å². The molecule has 0 unspecified atom stereocenters. The van der Waals surface area contributed by atoms with E-state index < -0.39 is 11.7 Å². The molecule has 0 atom stereocenters. The maximum atomic E-state index is 14.2. The summed E-state index contributed by atoms with van der Waals surface area (Å²) < 4.78 is 49.7. The Kier molecular flexibility index (Phi) is 4.47. The molecule has 0 N–H and O–H groups in total. The van der Waals surface area contributed by atoms with E-state index in [1.807, 2.05) is 65.4 Å². The Labute approximate surface area is 177 Å². The van der Waals surface area contributed by atoms with Crippen molar-refractivity contribution in [2.45, 2.75) is 6.18 Å². The molecule has 3 aromatic carbocycles. The molecule has 1 heterocycles. The van der Waals surface area contributed by atoms with Crippen molar-refractivity contribution in [3.8, 4) is 5.75 Å². The van der Waals surface area contributed by atoms with Gasteiger partial charge in [-0.1, -0.05) is 54.6 Å². The van der Waals surface area contributed by atoms with Gasteiger partial charge < -0.3 is 9.30 Å². The number of hydrogen-bond donors (Lipinski definition) is 0. The van der Waals surface area contributed by atoms with Crippen LogP contribution in [0, 0.1) is 0 Å². The average molecular weight is 417 g/mol. The molecular formula is C26H18F3NO. The van der Waals surface area contributed by atoms with Crippen molar-refractivity contribution in [3.05, 3.63) is 107 Å². The van der Waals surface area contributed by atoms with Gasteiger partial charge in [-0.15, -0.1) is 0 Å². The summed E-state index contributed by atoms with van der Waals surface area (Å²) in [5.41, 5.74) is 2.69. The van der Waals surface area contributed by atoms with Crippen LogP contribution in [0.15, 0.2) is 90.6 Å². The number of ether oxygens (including phenoxy) is 1. The molecule has 0 bridgehead atoms. The molecule has 0 spiro atoms. The molecule has 5 rings (SSSR count). The van der Waals surface area contributed by atoms with Gasteiger partial charge in [-0.05, 0) is 47.0 Å². The van der Waals surface area contributed by atoms with E-state index in [0.29, 0.717) is 28.1 Å². The minimum atomic E-state index is -4.49. The van der Waals surface area contributed by atoms with Crippen LogP contribution >= 0.6 is 0 Å². The molecular weight excluding hydrogens is 399 g/mol. The molecule has 154 valence electrons. The number of methoxy groups -OCH3 is 1. The van der Waals surface area contributed by atoms with E-state index in [1.165, 1.54) is 6.08 Å². The molecule has 1 aliphatic rings. The Bertz CT molecular complexity index is 1340. The van der Waals surface area contributed by atoms with Crippen LogP contribution in [0.5, 0.6) is 5.75 Å². The Hall–Kier alpha value is -3.73. The van der Waals surface area contributed by atoms with Crippen LogP contribution in [-0.2, 0) is 0 Å². The van der Waals surface area contributed by atoms with Crippen LogP contribution in [0.1, 0.15) is 16.7 Å². The molecule has 0 aliphatic heterocycles. The maximum absolute atomic E-state index is 14.2. The minimum absolute atomic E-state index is 0.183. The third kappa shape index (κ3) is 3.22. The minimum Gasteiger partial charge on any atom is -0.497 e. The smallest absolute Gasteiger partial charge is 0.417 e. The van der Waals surface area contributed by atoms with Crippen molar-refractivity contribution in [3.63, 3.8) is 0 Å². The van der Waals surface area contributed by atoms with Gasteiger partial charge in [0.25, 0.3) is 0 Å². The van der Waals surface area contributed by atoms with E-state index in [4.69, 9.17) is 4.74 Å². The number of fused-ring (bicyclic) bond motifs is 2. The van der Waals surface area contributed by atoms with E-state index in [0.717, 1.165) is 10.9 Å². The van der Waals surface area contributed by atoms with Gasteiger partial charge in [-0.25, -0.2) is 0 Å². The third-order valence-electron chi connectivity index (χ3n) is 5.53. The zero-order valence-corrected chi connectivity index (χ0v) is 16.6. The van der Waals surface area contributed by atoms with E-state index in [-0.39, 0.29) is 5.57 Å². The normalized spacial score (nSPS) is 15.0. The predicted octanol–water partition coefficient (Wildman–Crippen LogP) is 7.03. The molecule has 2 nitrogen and oxygen atoms in total. The molecule has 5 heteroatoms. The second kappa shape index (κ2) is 7.20. The van der Waals surface area contributed by atoms with E-state index >= 15 is 0 Å². The topological polar surface area (TPSA) is 14.2 Å². The number of allylic oxidation sites excluding steroid dienone is 2. The van der Waals surface area contributed by atoms with Crippen molar-refractivity contribution >= 4 is 28.2 Å². The lowest BCUT2D eigenvalue weighted by molar-refractivity contribution is -0.0859. The second-order valence-electron chi connectivity index (χ2n) is 7.34. The first-order chi connectivity index (χ1) is 15.0. The largest absolute Gasteiger partial charge is 0.497 e. The summed E-state index contributed by atoms with van der Waals surface area (Å²) in [5, 5.41) is 0.886. The highest BCUT2D eigenvalue weighted by Gasteiger charge is 2.41. The van der Waals surface area contributed by atoms with Gasteiger partial charge >= 0.3 is 6.18 Å². The lowest BCUT2D eigenvalue weighted by atomic mass is 9.96. The van der Waals surface area contributed by atoms with Crippen LogP contribution in [0.3, 0.4) is 0 Å². The van der Waals surface area contributed by atoms with Gasteiger partial charge in [-0.2, -0.15) is 13.2 Å². The zero-order chi connectivity index (χ0) is 21.6. The lowest BCUT2D eigenvalue weighted by Gasteiger charge is -2.20. The van der Waals surface area contributed by atoms with Crippen molar-refractivity contribution in [2.24, 2.45) is 0 Å². The summed E-state index contributed by atoms with van der Waals surface area (Å²) in [4.78, 5) is 0. The van der Waals surface area contributed by atoms with Gasteiger partial charge in [0, 0.05) is 17.2 Å². The number of nitrogens with zero attached hydrogens (tertiary/aromatic N) is 1.